The molecule has 2 rings (SSSR count). The van der Waals surface area contributed by atoms with Gasteiger partial charge in [-0.3, -0.25) is 4.90 Å². The maximum absolute atomic E-state index is 5.77. The molecule has 1 heterocycles. The molecule has 0 atom stereocenters. The van der Waals surface area contributed by atoms with Gasteiger partial charge in [-0.25, -0.2) is 0 Å². The van der Waals surface area contributed by atoms with E-state index in [0.29, 0.717) is 0 Å². The van der Waals surface area contributed by atoms with Crippen LogP contribution in [0.25, 0.3) is 0 Å². The third kappa shape index (κ3) is 4.04. The predicted octanol–water partition coefficient (Wildman–Crippen LogP) is 3.11. The summed E-state index contributed by atoms with van der Waals surface area (Å²) >= 11 is 0. The molecule has 2 nitrogen and oxygen atoms in total. The normalized spacial score (nSPS) is 18.2. The van der Waals surface area contributed by atoms with E-state index in [0.717, 1.165) is 24.8 Å². The van der Waals surface area contributed by atoms with Gasteiger partial charge in [0.05, 0.1) is 0 Å². The van der Waals surface area contributed by atoms with Crippen molar-refractivity contribution in [2.45, 2.75) is 26.7 Å². The van der Waals surface area contributed by atoms with Crippen LogP contribution in [0.4, 0.5) is 0 Å². The van der Waals surface area contributed by atoms with Crippen LogP contribution in [0.15, 0.2) is 24.3 Å². The zero-order valence-electron chi connectivity index (χ0n) is 11.0. The lowest BCUT2D eigenvalue weighted by molar-refractivity contribution is 0.160. The average molecular weight is 233 g/mol. The van der Waals surface area contributed by atoms with Crippen molar-refractivity contribution in [2.24, 2.45) is 5.92 Å². The molecule has 1 saturated heterocycles. The third-order valence-corrected chi connectivity index (χ3v) is 3.54. The minimum absolute atomic E-state index is 0.803. The Balaban J connectivity index is 1.69. The molecule has 17 heavy (non-hydrogen) atoms. The second-order valence-electron chi connectivity index (χ2n) is 5.19. The molecule has 1 aliphatic rings. The summed E-state index contributed by atoms with van der Waals surface area (Å²) in [6.07, 6.45) is 2.68. The molecule has 1 fully saturated rings. The Morgan fingerprint density at radius 1 is 1.29 bits per heavy atom. The molecule has 0 amide bonds. The minimum atomic E-state index is 0.803. The van der Waals surface area contributed by atoms with Crippen molar-refractivity contribution >= 4 is 0 Å². The molecule has 0 spiro atoms. The van der Waals surface area contributed by atoms with Gasteiger partial charge in [0.25, 0.3) is 0 Å². The Kier molecular flexibility index (Phi) is 4.43. The monoisotopic (exact) mass is 233 g/mol. The summed E-state index contributed by atoms with van der Waals surface area (Å²) in [4.78, 5) is 2.51. The highest BCUT2D eigenvalue weighted by atomic mass is 16.5. The van der Waals surface area contributed by atoms with Crippen LogP contribution in [-0.4, -0.2) is 31.1 Å². The Bertz CT molecular complexity index is 343. The van der Waals surface area contributed by atoms with Crippen molar-refractivity contribution in [2.75, 3.05) is 26.2 Å². The zero-order chi connectivity index (χ0) is 12.1. The van der Waals surface area contributed by atoms with Crippen molar-refractivity contribution in [1.82, 2.24) is 4.90 Å². The lowest BCUT2D eigenvalue weighted by Gasteiger charge is -2.29. The second kappa shape index (κ2) is 6.06. The number of hydrogen-bond acceptors (Lipinski definition) is 2. The van der Waals surface area contributed by atoms with Crippen molar-refractivity contribution in [3.05, 3.63) is 29.8 Å². The Morgan fingerprint density at radius 2 is 2.06 bits per heavy atom. The van der Waals surface area contributed by atoms with Crippen LogP contribution in [0, 0.1) is 12.8 Å². The summed E-state index contributed by atoms with van der Waals surface area (Å²) < 4.78 is 5.77. The first-order chi connectivity index (χ1) is 8.24. The van der Waals surface area contributed by atoms with E-state index < -0.39 is 0 Å². The molecule has 0 bridgehead atoms. The van der Waals surface area contributed by atoms with E-state index in [4.69, 9.17) is 4.74 Å². The van der Waals surface area contributed by atoms with E-state index in [1.54, 1.807) is 0 Å². The van der Waals surface area contributed by atoms with Gasteiger partial charge in [0.2, 0.25) is 0 Å². The molecule has 0 N–H and O–H groups in total. The molecule has 0 saturated carbocycles. The van der Waals surface area contributed by atoms with Gasteiger partial charge in [-0.05, 0) is 56.5 Å². The van der Waals surface area contributed by atoms with Gasteiger partial charge in [-0.1, -0.05) is 19.1 Å². The SMILES string of the molecule is Cc1cccc(OCCN2CCC(C)CC2)c1. The molecule has 0 aromatic heterocycles. The Labute approximate surface area is 105 Å². The van der Waals surface area contributed by atoms with Crippen LogP contribution in [-0.2, 0) is 0 Å². The fraction of sp³-hybridized carbons (Fsp3) is 0.600. The summed E-state index contributed by atoms with van der Waals surface area (Å²) in [6.45, 7) is 8.77. The van der Waals surface area contributed by atoms with Crippen LogP contribution >= 0.6 is 0 Å². The van der Waals surface area contributed by atoms with Crippen molar-refractivity contribution in [3.8, 4) is 5.75 Å². The number of aryl methyl sites for hydroxylation is 1. The molecule has 0 unspecified atom stereocenters. The van der Waals surface area contributed by atoms with Crippen molar-refractivity contribution in [1.29, 1.82) is 0 Å². The highest BCUT2D eigenvalue weighted by molar-refractivity contribution is 5.27. The average Bonchev–Trinajstić information content (AvgIpc) is 2.32. The summed E-state index contributed by atoms with van der Waals surface area (Å²) in [7, 11) is 0. The summed E-state index contributed by atoms with van der Waals surface area (Å²) in [6, 6.07) is 8.27. The molecular formula is C15H23NO. The fourth-order valence-electron chi connectivity index (χ4n) is 2.28. The smallest absolute Gasteiger partial charge is 0.119 e. The molecule has 1 aromatic rings. The van der Waals surface area contributed by atoms with E-state index in [1.807, 2.05) is 12.1 Å². The molecular weight excluding hydrogens is 210 g/mol. The van der Waals surface area contributed by atoms with Crippen LogP contribution in [0.5, 0.6) is 5.75 Å². The maximum Gasteiger partial charge on any atom is 0.119 e. The number of benzene rings is 1. The van der Waals surface area contributed by atoms with Gasteiger partial charge >= 0.3 is 0 Å². The number of ether oxygens (including phenoxy) is 1. The Hall–Kier alpha value is -1.02. The summed E-state index contributed by atoms with van der Waals surface area (Å²) in [5.41, 5.74) is 1.26. The van der Waals surface area contributed by atoms with E-state index in [1.165, 1.54) is 31.5 Å². The first kappa shape index (κ1) is 12.4. The lowest BCUT2D eigenvalue weighted by atomic mass is 9.99. The molecule has 1 aromatic carbocycles. The number of likely N-dealkylation sites (tertiary alicyclic amines) is 1. The maximum atomic E-state index is 5.77. The van der Waals surface area contributed by atoms with Gasteiger partial charge in [-0.15, -0.1) is 0 Å². The van der Waals surface area contributed by atoms with Crippen molar-refractivity contribution in [3.63, 3.8) is 0 Å². The summed E-state index contributed by atoms with van der Waals surface area (Å²) in [5, 5.41) is 0. The first-order valence-electron chi connectivity index (χ1n) is 6.66. The lowest BCUT2D eigenvalue weighted by Crippen LogP contribution is -2.35. The number of nitrogens with zero attached hydrogens (tertiary/aromatic N) is 1. The largest absolute Gasteiger partial charge is 0.492 e. The molecule has 94 valence electrons. The quantitative estimate of drug-likeness (QED) is 0.792. The van der Waals surface area contributed by atoms with Gasteiger partial charge in [-0.2, -0.15) is 0 Å². The van der Waals surface area contributed by atoms with E-state index in [2.05, 4.69) is 30.9 Å². The third-order valence-electron chi connectivity index (χ3n) is 3.54. The van der Waals surface area contributed by atoms with E-state index >= 15 is 0 Å². The fourth-order valence-corrected chi connectivity index (χ4v) is 2.28. The van der Waals surface area contributed by atoms with Gasteiger partial charge in [0.1, 0.15) is 12.4 Å². The van der Waals surface area contributed by atoms with Crippen molar-refractivity contribution < 1.29 is 4.74 Å². The Morgan fingerprint density at radius 3 is 2.76 bits per heavy atom. The van der Waals surface area contributed by atoms with Gasteiger partial charge in [0, 0.05) is 6.54 Å². The highest BCUT2D eigenvalue weighted by Crippen LogP contribution is 2.16. The molecule has 1 aliphatic heterocycles. The van der Waals surface area contributed by atoms with Gasteiger partial charge in [0.15, 0.2) is 0 Å². The molecule has 0 radical (unpaired) electrons. The van der Waals surface area contributed by atoms with Crippen LogP contribution < -0.4 is 4.74 Å². The number of hydrogen-bond donors (Lipinski definition) is 0. The molecule has 0 aliphatic carbocycles. The highest BCUT2D eigenvalue weighted by Gasteiger charge is 2.14. The van der Waals surface area contributed by atoms with Crippen LogP contribution in [0.1, 0.15) is 25.3 Å². The molecule has 2 heteroatoms. The van der Waals surface area contributed by atoms with Crippen LogP contribution in [0.2, 0.25) is 0 Å². The first-order valence-corrected chi connectivity index (χ1v) is 6.66. The number of rotatable bonds is 4. The topological polar surface area (TPSA) is 12.5 Å². The van der Waals surface area contributed by atoms with E-state index in [-0.39, 0.29) is 0 Å². The van der Waals surface area contributed by atoms with Gasteiger partial charge < -0.3 is 4.74 Å². The number of piperidine rings is 1. The van der Waals surface area contributed by atoms with E-state index in [9.17, 15) is 0 Å². The predicted molar refractivity (Wildman–Crippen MR) is 71.5 cm³/mol. The standard InChI is InChI=1S/C15H23NO/c1-13-6-8-16(9-7-13)10-11-17-15-5-3-4-14(2)12-15/h3-5,12-13H,6-11H2,1-2H3. The summed E-state index contributed by atoms with van der Waals surface area (Å²) in [5.74, 6) is 1.90. The second-order valence-corrected chi connectivity index (χ2v) is 5.19. The van der Waals surface area contributed by atoms with Crippen LogP contribution in [0.3, 0.4) is 0 Å². The zero-order valence-corrected chi connectivity index (χ0v) is 11.0. The minimum Gasteiger partial charge on any atom is -0.492 e.